The molecule has 0 fully saturated rings. The third kappa shape index (κ3) is 3.86. The van der Waals surface area contributed by atoms with Crippen LogP contribution < -0.4 is 14.8 Å². The summed E-state index contributed by atoms with van der Waals surface area (Å²) in [6.07, 6.45) is 0.824. The lowest BCUT2D eigenvalue weighted by Gasteiger charge is -2.19. The van der Waals surface area contributed by atoms with Gasteiger partial charge in [0.2, 0.25) is 6.79 Å². The quantitative estimate of drug-likeness (QED) is 0.699. The molecule has 3 aromatic rings. The van der Waals surface area contributed by atoms with Crippen LogP contribution in [-0.4, -0.2) is 45.5 Å². The summed E-state index contributed by atoms with van der Waals surface area (Å²) in [5.41, 5.74) is 1.84. The van der Waals surface area contributed by atoms with Gasteiger partial charge >= 0.3 is 0 Å². The van der Waals surface area contributed by atoms with E-state index in [9.17, 15) is 4.79 Å². The Morgan fingerprint density at radius 1 is 1.00 bits per heavy atom. The number of hydrogen-bond donors (Lipinski definition) is 1. The molecule has 0 unspecified atom stereocenters. The van der Waals surface area contributed by atoms with Gasteiger partial charge < -0.3 is 19.4 Å². The second-order valence-electron chi connectivity index (χ2n) is 7.45. The first-order valence-corrected chi connectivity index (χ1v) is 10.1. The van der Waals surface area contributed by atoms with Gasteiger partial charge in [-0.1, -0.05) is 24.3 Å². The third-order valence-corrected chi connectivity index (χ3v) is 5.48. The first-order valence-electron chi connectivity index (χ1n) is 10.1. The highest BCUT2D eigenvalue weighted by Gasteiger charge is 2.20. The first-order chi connectivity index (χ1) is 14.8. The van der Waals surface area contributed by atoms with Crippen LogP contribution in [-0.2, 0) is 26.1 Å². The summed E-state index contributed by atoms with van der Waals surface area (Å²) >= 11 is 0. The average molecular weight is 405 g/mol. The molecule has 2 aliphatic rings. The van der Waals surface area contributed by atoms with Gasteiger partial charge in [-0.2, -0.15) is 0 Å². The summed E-state index contributed by atoms with van der Waals surface area (Å²) in [7, 11) is 0. The van der Waals surface area contributed by atoms with E-state index in [1.807, 2.05) is 24.3 Å². The Hall–Kier alpha value is -3.39. The van der Waals surface area contributed by atoms with E-state index in [2.05, 4.69) is 37.1 Å². The lowest BCUT2D eigenvalue weighted by atomic mass is 10.2. The van der Waals surface area contributed by atoms with Crippen LogP contribution in [0.3, 0.4) is 0 Å². The van der Waals surface area contributed by atoms with Crippen molar-refractivity contribution in [3.63, 3.8) is 0 Å². The number of aromatic nitrogens is 3. The fraction of sp³-hybridized carbons (Fsp3) is 0.318. The number of amides is 1. The van der Waals surface area contributed by atoms with Gasteiger partial charge in [-0.15, -0.1) is 10.2 Å². The minimum atomic E-state index is -0.106. The van der Waals surface area contributed by atoms with Gasteiger partial charge in [0.15, 0.2) is 17.3 Å². The van der Waals surface area contributed by atoms with Crippen LogP contribution in [0, 0.1) is 0 Å². The molecule has 154 valence electrons. The van der Waals surface area contributed by atoms with E-state index in [0.29, 0.717) is 18.9 Å². The lowest BCUT2D eigenvalue weighted by molar-refractivity contribution is 0.0949. The SMILES string of the molecule is O=C(NCc1nnc2n1CCN(Cc1ccc3c(c1)OCO3)CC2)c1ccccc1. The van der Waals surface area contributed by atoms with Crippen molar-refractivity contribution in [2.24, 2.45) is 0 Å². The molecule has 0 spiro atoms. The molecule has 5 rings (SSSR count). The summed E-state index contributed by atoms with van der Waals surface area (Å²) in [5.74, 6) is 3.27. The Labute approximate surface area is 174 Å². The number of hydrogen-bond acceptors (Lipinski definition) is 6. The highest BCUT2D eigenvalue weighted by atomic mass is 16.7. The van der Waals surface area contributed by atoms with Gasteiger partial charge in [-0.05, 0) is 29.8 Å². The highest BCUT2D eigenvalue weighted by Crippen LogP contribution is 2.32. The first kappa shape index (κ1) is 18.6. The molecule has 2 aliphatic heterocycles. The Morgan fingerprint density at radius 2 is 1.87 bits per heavy atom. The molecule has 2 aromatic carbocycles. The number of carbonyl (C=O) groups is 1. The topological polar surface area (TPSA) is 81.5 Å². The number of carbonyl (C=O) groups excluding carboxylic acids is 1. The van der Waals surface area contributed by atoms with Crippen molar-refractivity contribution in [2.75, 3.05) is 19.9 Å². The zero-order chi connectivity index (χ0) is 20.3. The number of benzene rings is 2. The lowest BCUT2D eigenvalue weighted by Crippen LogP contribution is -2.28. The highest BCUT2D eigenvalue weighted by molar-refractivity contribution is 5.93. The third-order valence-electron chi connectivity index (χ3n) is 5.48. The standard InChI is InChI=1S/C22H23N5O3/c28-22(17-4-2-1-3-5-17)23-13-21-25-24-20-8-9-26(10-11-27(20)21)14-16-6-7-18-19(12-16)30-15-29-18/h1-7,12H,8-11,13-15H2,(H,23,28). The summed E-state index contributed by atoms with van der Waals surface area (Å²) < 4.78 is 13.0. The normalized spacial score (nSPS) is 15.5. The summed E-state index contributed by atoms with van der Waals surface area (Å²) in [4.78, 5) is 14.7. The molecule has 0 atom stereocenters. The van der Waals surface area contributed by atoms with Crippen molar-refractivity contribution in [1.82, 2.24) is 25.0 Å². The fourth-order valence-electron chi connectivity index (χ4n) is 3.86. The molecule has 0 saturated carbocycles. The van der Waals surface area contributed by atoms with E-state index >= 15 is 0 Å². The van der Waals surface area contributed by atoms with Gasteiger partial charge in [-0.3, -0.25) is 9.69 Å². The van der Waals surface area contributed by atoms with Crippen LogP contribution in [0.5, 0.6) is 11.5 Å². The molecule has 1 aromatic heterocycles. The van der Waals surface area contributed by atoms with Crippen molar-refractivity contribution < 1.29 is 14.3 Å². The zero-order valence-corrected chi connectivity index (χ0v) is 16.6. The van der Waals surface area contributed by atoms with Crippen LogP contribution in [0.2, 0.25) is 0 Å². The van der Waals surface area contributed by atoms with Crippen molar-refractivity contribution in [3.8, 4) is 11.5 Å². The maximum absolute atomic E-state index is 12.3. The zero-order valence-electron chi connectivity index (χ0n) is 16.6. The maximum atomic E-state index is 12.3. The Kier molecular flexibility index (Phi) is 5.06. The van der Waals surface area contributed by atoms with E-state index in [-0.39, 0.29) is 5.91 Å². The minimum Gasteiger partial charge on any atom is -0.454 e. The summed E-state index contributed by atoms with van der Waals surface area (Å²) in [6.45, 7) is 4.09. The maximum Gasteiger partial charge on any atom is 0.251 e. The van der Waals surface area contributed by atoms with Crippen LogP contribution in [0.15, 0.2) is 48.5 Å². The second kappa shape index (κ2) is 8.16. The predicted octanol–water partition coefficient (Wildman–Crippen LogP) is 2.00. The Bertz CT molecular complexity index is 1050. The molecular weight excluding hydrogens is 382 g/mol. The molecule has 0 radical (unpaired) electrons. The molecule has 3 heterocycles. The van der Waals surface area contributed by atoms with Crippen LogP contribution >= 0.6 is 0 Å². The van der Waals surface area contributed by atoms with E-state index < -0.39 is 0 Å². The van der Waals surface area contributed by atoms with E-state index in [0.717, 1.165) is 55.7 Å². The molecule has 0 bridgehead atoms. The monoisotopic (exact) mass is 405 g/mol. The molecular formula is C22H23N5O3. The number of rotatable bonds is 5. The second-order valence-corrected chi connectivity index (χ2v) is 7.45. The van der Waals surface area contributed by atoms with Gasteiger partial charge in [-0.25, -0.2) is 0 Å². The van der Waals surface area contributed by atoms with E-state index in [4.69, 9.17) is 9.47 Å². The number of ether oxygens (including phenoxy) is 2. The van der Waals surface area contributed by atoms with E-state index in [1.54, 1.807) is 12.1 Å². The summed E-state index contributed by atoms with van der Waals surface area (Å²) in [5, 5.41) is 11.6. The van der Waals surface area contributed by atoms with Gasteiger partial charge in [0.25, 0.3) is 5.91 Å². The fourth-order valence-corrected chi connectivity index (χ4v) is 3.86. The predicted molar refractivity (Wildman–Crippen MR) is 109 cm³/mol. The number of nitrogens with one attached hydrogen (secondary N) is 1. The average Bonchev–Trinajstić information content (AvgIpc) is 3.35. The van der Waals surface area contributed by atoms with Gasteiger partial charge in [0.05, 0.1) is 6.54 Å². The van der Waals surface area contributed by atoms with Crippen LogP contribution in [0.1, 0.15) is 27.6 Å². The molecule has 8 nitrogen and oxygen atoms in total. The van der Waals surface area contributed by atoms with E-state index in [1.165, 1.54) is 5.56 Å². The molecule has 30 heavy (non-hydrogen) atoms. The molecule has 1 N–H and O–H groups in total. The number of fused-ring (bicyclic) bond motifs is 2. The molecule has 8 heteroatoms. The molecule has 1 amide bonds. The smallest absolute Gasteiger partial charge is 0.251 e. The molecule has 0 aliphatic carbocycles. The van der Waals surface area contributed by atoms with Crippen molar-refractivity contribution in [2.45, 2.75) is 26.1 Å². The Balaban J connectivity index is 1.21. The minimum absolute atomic E-state index is 0.106. The largest absolute Gasteiger partial charge is 0.454 e. The van der Waals surface area contributed by atoms with Crippen LogP contribution in [0.25, 0.3) is 0 Å². The molecule has 0 saturated heterocycles. The van der Waals surface area contributed by atoms with Crippen molar-refractivity contribution in [3.05, 3.63) is 71.3 Å². The van der Waals surface area contributed by atoms with Crippen LogP contribution in [0.4, 0.5) is 0 Å². The number of nitrogens with zero attached hydrogens (tertiary/aromatic N) is 4. The van der Waals surface area contributed by atoms with Gasteiger partial charge in [0, 0.05) is 38.2 Å². The van der Waals surface area contributed by atoms with Gasteiger partial charge in [0.1, 0.15) is 5.82 Å². The van der Waals surface area contributed by atoms with Crippen molar-refractivity contribution in [1.29, 1.82) is 0 Å². The Morgan fingerprint density at radius 3 is 2.77 bits per heavy atom. The summed E-state index contributed by atoms with van der Waals surface area (Å²) in [6, 6.07) is 15.3. The van der Waals surface area contributed by atoms with Crippen molar-refractivity contribution >= 4 is 5.91 Å².